The van der Waals surface area contributed by atoms with Crippen LogP contribution >= 0.6 is 11.6 Å². The lowest BCUT2D eigenvalue weighted by atomic mass is 9.83. The second kappa shape index (κ2) is 3.92. The molecular formula is C15H15ClFN. The lowest BCUT2D eigenvalue weighted by molar-refractivity contribution is 0.415. The van der Waals surface area contributed by atoms with Gasteiger partial charge >= 0.3 is 0 Å². The minimum Gasteiger partial charge on any atom is -0.288 e. The number of nitrogens with zero attached hydrogens (tertiary/aromatic N) is 1. The number of hydrogen-bond acceptors (Lipinski definition) is 1. The van der Waals surface area contributed by atoms with Gasteiger partial charge in [0.1, 0.15) is 5.82 Å². The minimum atomic E-state index is -0.211. The lowest BCUT2D eigenvalue weighted by Gasteiger charge is -2.22. The first-order valence-electron chi connectivity index (χ1n) is 6.17. The molecule has 0 fully saturated rings. The molecule has 1 aliphatic heterocycles. The molecule has 0 bridgehead atoms. The van der Waals surface area contributed by atoms with Crippen molar-refractivity contribution in [2.75, 3.05) is 6.54 Å². The first kappa shape index (κ1) is 11.9. The normalized spacial score (nSPS) is 24.8. The van der Waals surface area contributed by atoms with Crippen molar-refractivity contribution in [1.29, 1.82) is 0 Å². The van der Waals surface area contributed by atoms with Crippen molar-refractivity contribution in [1.82, 2.24) is 0 Å². The highest BCUT2D eigenvalue weighted by atomic mass is 35.5. The van der Waals surface area contributed by atoms with Crippen LogP contribution in [0, 0.1) is 11.2 Å². The van der Waals surface area contributed by atoms with Crippen molar-refractivity contribution in [2.24, 2.45) is 10.4 Å². The minimum absolute atomic E-state index is 0.114. The third-order valence-corrected chi connectivity index (χ3v) is 4.31. The van der Waals surface area contributed by atoms with Crippen molar-refractivity contribution in [3.63, 3.8) is 0 Å². The standard InChI is InChI=1S/C15H15ClFN/c1-15(2)6-11(12-7-18-8-13(12)15)10-4-3-9(16)5-14(10)17/h3-5,7,11H,6,8H2,1-2H3. The van der Waals surface area contributed by atoms with Crippen molar-refractivity contribution < 1.29 is 4.39 Å². The van der Waals surface area contributed by atoms with Gasteiger partial charge in [0, 0.05) is 17.2 Å². The molecule has 3 heteroatoms. The molecule has 1 aromatic rings. The maximum Gasteiger partial charge on any atom is 0.128 e. The molecule has 0 radical (unpaired) electrons. The fourth-order valence-electron chi connectivity index (χ4n) is 3.11. The molecule has 0 amide bonds. The van der Waals surface area contributed by atoms with Crippen LogP contribution in [0.2, 0.25) is 5.02 Å². The average Bonchev–Trinajstić information content (AvgIpc) is 2.83. The summed E-state index contributed by atoms with van der Waals surface area (Å²) in [6.07, 6.45) is 2.87. The molecule has 1 unspecified atom stereocenters. The summed E-state index contributed by atoms with van der Waals surface area (Å²) in [7, 11) is 0. The predicted molar refractivity (Wildman–Crippen MR) is 72.9 cm³/mol. The second-order valence-corrected chi connectivity index (χ2v) is 6.15. The van der Waals surface area contributed by atoms with E-state index < -0.39 is 0 Å². The van der Waals surface area contributed by atoms with Crippen LogP contribution in [-0.4, -0.2) is 12.8 Å². The van der Waals surface area contributed by atoms with Crippen LogP contribution in [0.5, 0.6) is 0 Å². The Hall–Kier alpha value is -1.15. The molecule has 1 nitrogen and oxygen atoms in total. The van der Waals surface area contributed by atoms with Gasteiger partial charge in [0.2, 0.25) is 0 Å². The van der Waals surface area contributed by atoms with Crippen LogP contribution < -0.4 is 0 Å². The summed E-state index contributed by atoms with van der Waals surface area (Å²) in [6, 6.07) is 4.96. The van der Waals surface area contributed by atoms with Gasteiger partial charge in [-0.2, -0.15) is 0 Å². The topological polar surface area (TPSA) is 12.4 Å². The molecule has 0 N–H and O–H groups in total. The summed E-state index contributed by atoms with van der Waals surface area (Å²) >= 11 is 5.81. The monoisotopic (exact) mass is 263 g/mol. The van der Waals surface area contributed by atoms with Gasteiger partial charge in [0.05, 0.1) is 6.54 Å². The Kier molecular flexibility index (Phi) is 2.60. The fourth-order valence-corrected chi connectivity index (χ4v) is 3.27. The second-order valence-electron chi connectivity index (χ2n) is 5.71. The summed E-state index contributed by atoms with van der Waals surface area (Å²) in [6.45, 7) is 5.20. The number of benzene rings is 1. The molecule has 0 spiro atoms. The van der Waals surface area contributed by atoms with Crippen LogP contribution in [-0.2, 0) is 0 Å². The van der Waals surface area contributed by atoms with Crippen molar-refractivity contribution in [3.8, 4) is 0 Å². The highest BCUT2D eigenvalue weighted by Gasteiger charge is 2.41. The predicted octanol–water partition coefficient (Wildman–Crippen LogP) is 4.37. The SMILES string of the molecule is CC1(C)CC(c2ccc(Cl)cc2F)C2=C1CN=C2. The zero-order valence-corrected chi connectivity index (χ0v) is 11.3. The van der Waals surface area contributed by atoms with Gasteiger partial charge in [-0.25, -0.2) is 4.39 Å². The average molecular weight is 264 g/mol. The first-order chi connectivity index (χ1) is 8.49. The van der Waals surface area contributed by atoms with E-state index in [1.165, 1.54) is 17.2 Å². The largest absolute Gasteiger partial charge is 0.288 e. The number of rotatable bonds is 1. The van der Waals surface area contributed by atoms with E-state index in [1.54, 1.807) is 12.1 Å². The van der Waals surface area contributed by atoms with Crippen molar-refractivity contribution in [3.05, 3.63) is 45.7 Å². The third kappa shape index (κ3) is 1.71. The van der Waals surface area contributed by atoms with Crippen LogP contribution in [0.25, 0.3) is 0 Å². The van der Waals surface area contributed by atoms with Gasteiger partial charge in [-0.15, -0.1) is 0 Å². The number of halogens is 2. The Bertz CT molecular complexity index is 572. The Morgan fingerprint density at radius 1 is 1.39 bits per heavy atom. The lowest BCUT2D eigenvalue weighted by Crippen LogP contribution is -2.13. The molecule has 18 heavy (non-hydrogen) atoms. The molecule has 3 rings (SSSR count). The summed E-state index contributed by atoms with van der Waals surface area (Å²) < 4.78 is 14.1. The van der Waals surface area contributed by atoms with Crippen LogP contribution in [0.1, 0.15) is 31.7 Å². The highest BCUT2D eigenvalue weighted by Crippen LogP contribution is 2.51. The third-order valence-electron chi connectivity index (χ3n) is 4.07. The Balaban J connectivity index is 2.06. The quantitative estimate of drug-likeness (QED) is 0.713. The zero-order valence-electron chi connectivity index (χ0n) is 10.5. The maximum atomic E-state index is 14.1. The van der Waals surface area contributed by atoms with E-state index in [0.29, 0.717) is 5.02 Å². The van der Waals surface area contributed by atoms with Gasteiger partial charge in [-0.3, -0.25) is 4.99 Å². The van der Waals surface area contributed by atoms with Gasteiger partial charge in [0.15, 0.2) is 0 Å². The van der Waals surface area contributed by atoms with E-state index in [9.17, 15) is 4.39 Å². The van der Waals surface area contributed by atoms with E-state index in [4.69, 9.17) is 11.6 Å². The van der Waals surface area contributed by atoms with Gasteiger partial charge in [-0.05, 0) is 40.7 Å². The molecule has 1 aliphatic carbocycles. The number of hydrogen-bond donors (Lipinski definition) is 0. The summed E-state index contributed by atoms with van der Waals surface area (Å²) in [5.41, 5.74) is 3.43. The first-order valence-corrected chi connectivity index (χ1v) is 6.55. The Morgan fingerprint density at radius 3 is 2.89 bits per heavy atom. The number of aliphatic imine (C=N–C) groups is 1. The fraction of sp³-hybridized carbons (Fsp3) is 0.400. The molecule has 1 aromatic carbocycles. The molecular weight excluding hydrogens is 249 g/mol. The summed E-state index contributed by atoms with van der Waals surface area (Å²) in [5.74, 6) is -0.0872. The summed E-state index contributed by atoms with van der Waals surface area (Å²) in [4.78, 5) is 4.34. The molecule has 0 saturated heterocycles. The Morgan fingerprint density at radius 2 is 2.17 bits per heavy atom. The van der Waals surface area contributed by atoms with Gasteiger partial charge in [-0.1, -0.05) is 31.5 Å². The van der Waals surface area contributed by atoms with Gasteiger partial charge < -0.3 is 0 Å². The zero-order chi connectivity index (χ0) is 12.9. The van der Waals surface area contributed by atoms with Crippen LogP contribution in [0.4, 0.5) is 4.39 Å². The smallest absolute Gasteiger partial charge is 0.128 e. The van der Waals surface area contributed by atoms with E-state index in [2.05, 4.69) is 18.8 Å². The van der Waals surface area contributed by atoms with E-state index >= 15 is 0 Å². The summed E-state index contributed by atoms with van der Waals surface area (Å²) in [5, 5.41) is 0.447. The van der Waals surface area contributed by atoms with Crippen molar-refractivity contribution >= 4 is 17.8 Å². The molecule has 0 aromatic heterocycles. The molecule has 94 valence electrons. The number of allylic oxidation sites excluding steroid dienone is 1. The molecule has 0 saturated carbocycles. The highest BCUT2D eigenvalue weighted by molar-refractivity contribution is 6.30. The van der Waals surface area contributed by atoms with Crippen LogP contribution in [0.15, 0.2) is 34.3 Å². The molecule has 1 heterocycles. The van der Waals surface area contributed by atoms with Crippen LogP contribution in [0.3, 0.4) is 0 Å². The van der Waals surface area contributed by atoms with Gasteiger partial charge in [0.25, 0.3) is 0 Å². The molecule has 1 atom stereocenters. The van der Waals surface area contributed by atoms with E-state index in [-0.39, 0.29) is 17.2 Å². The van der Waals surface area contributed by atoms with E-state index in [0.717, 1.165) is 18.5 Å². The maximum absolute atomic E-state index is 14.1. The molecule has 2 aliphatic rings. The Labute approximate surface area is 111 Å². The van der Waals surface area contributed by atoms with E-state index in [1.807, 2.05) is 6.21 Å². The van der Waals surface area contributed by atoms with Crippen molar-refractivity contribution in [2.45, 2.75) is 26.2 Å².